The Morgan fingerprint density at radius 1 is 1.19 bits per heavy atom. The Hall–Kier alpha value is -0.570. The third kappa shape index (κ3) is 8.72. The number of carbonyl (C=O) groups is 1. The molecule has 0 spiro atoms. The van der Waals surface area contributed by atoms with Crippen LogP contribution in [0.4, 0.5) is 0 Å². The number of amides is 1. The summed E-state index contributed by atoms with van der Waals surface area (Å²) in [4.78, 5) is 11.5. The van der Waals surface area contributed by atoms with Crippen LogP contribution in [0.25, 0.3) is 0 Å². The molecule has 0 rings (SSSR count). The SMILES string of the molecule is CCCCC(N)C(=O)NCCCCC(C)C. The third-order valence-corrected chi connectivity index (χ3v) is 2.71. The smallest absolute Gasteiger partial charge is 0.236 e. The summed E-state index contributed by atoms with van der Waals surface area (Å²) in [5.74, 6) is 0.764. The van der Waals surface area contributed by atoms with E-state index in [9.17, 15) is 4.79 Å². The van der Waals surface area contributed by atoms with E-state index in [1.54, 1.807) is 0 Å². The first-order valence-corrected chi connectivity index (χ1v) is 6.61. The van der Waals surface area contributed by atoms with Crippen LogP contribution in [0, 0.1) is 5.92 Å². The summed E-state index contributed by atoms with van der Waals surface area (Å²) in [5.41, 5.74) is 5.75. The minimum atomic E-state index is -0.315. The number of rotatable bonds is 9. The molecule has 0 aromatic carbocycles. The van der Waals surface area contributed by atoms with E-state index in [4.69, 9.17) is 5.73 Å². The predicted molar refractivity (Wildman–Crippen MR) is 69.2 cm³/mol. The van der Waals surface area contributed by atoms with Gasteiger partial charge in [-0.25, -0.2) is 0 Å². The Balaban J connectivity index is 3.42. The van der Waals surface area contributed by atoms with Gasteiger partial charge in [0, 0.05) is 6.54 Å². The first-order chi connectivity index (χ1) is 7.57. The van der Waals surface area contributed by atoms with Crippen LogP contribution in [-0.4, -0.2) is 18.5 Å². The molecule has 0 saturated heterocycles. The Bertz CT molecular complexity index is 181. The molecule has 0 saturated carbocycles. The first kappa shape index (κ1) is 15.4. The molecule has 96 valence electrons. The standard InChI is InChI=1S/C13H28N2O/c1-4-5-9-12(14)13(16)15-10-7-6-8-11(2)3/h11-12H,4-10,14H2,1-3H3,(H,15,16). The highest BCUT2D eigenvalue weighted by Gasteiger charge is 2.11. The second-order valence-corrected chi connectivity index (χ2v) is 4.93. The summed E-state index contributed by atoms with van der Waals surface area (Å²) >= 11 is 0. The lowest BCUT2D eigenvalue weighted by molar-refractivity contribution is -0.122. The molecule has 1 unspecified atom stereocenters. The second-order valence-electron chi connectivity index (χ2n) is 4.93. The molecule has 0 aromatic rings. The quantitative estimate of drug-likeness (QED) is 0.596. The highest BCUT2D eigenvalue weighted by Crippen LogP contribution is 2.05. The van der Waals surface area contributed by atoms with Crippen molar-refractivity contribution in [1.29, 1.82) is 0 Å². The van der Waals surface area contributed by atoms with Crippen molar-refractivity contribution < 1.29 is 4.79 Å². The Morgan fingerprint density at radius 2 is 1.88 bits per heavy atom. The van der Waals surface area contributed by atoms with E-state index >= 15 is 0 Å². The topological polar surface area (TPSA) is 55.1 Å². The van der Waals surface area contributed by atoms with E-state index in [1.807, 2.05) is 0 Å². The van der Waals surface area contributed by atoms with Crippen LogP contribution < -0.4 is 11.1 Å². The summed E-state index contributed by atoms with van der Waals surface area (Å²) in [7, 11) is 0. The van der Waals surface area contributed by atoms with Crippen molar-refractivity contribution >= 4 is 5.91 Å². The Kier molecular flexibility index (Phi) is 9.30. The maximum atomic E-state index is 11.5. The normalized spacial score (nSPS) is 12.8. The Morgan fingerprint density at radius 3 is 2.44 bits per heavy atom. The van der Waals surface area contributed by atoms with Crippen LogP contribution in [0.5, 0.6) is 0 Å². The van der Waals surface area contributed by atoms with Gasteiger partial charge in [0.25, 0.3) is 0 Å². The number of hydrogen-bond donors (Lipinski definition) is 2. The molecule has 0 radical (unpaired) electrons. The van der Waals surface area contributed by atoms with E-state index in [2.05, 4.69) is 26.1 Å². The molecule has 0 aliphatic rings. The zero-order valence-electron chi connectivity index (χ0n) is 11.1. The molecule has 3 N–H and O–H groups in total. The van der Waals surface area contributed by atoms with Crippen LogP contribution >= 0.6 is 0 Å². The third-order valence-electron chi connectivity index (χ3n) is 2.71. The van der Waals surface area contributed by atoms with Crippen molar-refractivity contribution in [3.63, 3.8) is 0 Å². The number of carbonyl (C=O) groups excluding carboxylic acids is 1. The maximum Gasteiger partial charge on any atom is 0.236 e. The number of nitrogens with two attached hydrogens (primary N) is 1. The molecule has 0 fully saturated rings. The van der Waals surface area contributed by atoms with Gasteiger partial charge in [-0.1, -0.05) is 46.5 Å². The summed E-state index contributed by atoms with van der Waals surface area (Å²) in [6.07, 6.45) is 6.40. The van der Waals surface area contributed by atoms with Gasteiger partial charge in [0.2, 0.25) is 5.91 Å². The average Bonchev–Trinajstić information content (AvgIpc) is 2.24. The van der Waals surface area contributed by atoms with Gasteiger partial charge >= 0.3 is 0 Å². The zero-order chi connectivity index (χ0) is 12.4. The highest BCUT2D eigenvalue weighted by molar-refractivity contribution is 5.81. The fraction of sp³-hybridized carbons (Fsp3) is 0.923. The van der Waals surface area contributed by atoms with Crippen molar-refractivity contribution in [2.75, 3.05) is 6.54 Å². The molecule has 0 aliphatic heterocycles. The molecule has 0 aromatic heterocycles. The molecular weight excluding hydrogens is 200 g/mol. The van der Waals surface area contributed by atoms with Crippen LogP contribution in [-0.2, 0) is 4.79 Å². The predicted octanol–water partition coefficient (Wildman–Crippen LogP) is 2.45. The van der Waals surface area contributed by atoms with Crippen molar-refractivity contribution in [3.05, 3.63) is 0 Å². The monoisotopic (exact) mass is 228 g/mol. The van der Waals surface area contributed by atoms with E-state index in [0.29, 0.717) is 0 Å². The van der Waals surface area contributed by atoms with Gasteiger partial charge in [-0.15, -0.1) is 0 Å². The van der Waals surface area contributed by atoms with Gasteiger partial charge < -0.3 is 11.1 Å². The molecule has 1 amide bonds. The van der Waals surface area contributed by atoms with E-state index in [1.165, 1.54) is 12.8 Å². The van der Waals surface area contributed by atoms with E-state index < -0.39 is 0 Å². The molecule has 0 bridgehead atoms. The summed E-state index contributed by atoms with van der Waals surface area (Å²) in [6, 6.07) is -0.315. The minimum absolute atomic E-state index is 0.0120. The second kappa shape index (κ2) is 9.64. The lowest BCUT2D eigenvalue weighted by Gasteiger charge is -2.11. The van der Waals surface area contributed by atoms with Crippen LogP contribution in [0.2, 0.25) is 0 Å². The molecule has 0 aliphatic carbocycles. The van der Waals surface area contributed by atoms with Gasteiger partial charge in [-0.2, -0.15) is 0 Å². The molecule has 16 heavy (non-hydrogen) atoms. The number of nitrogens with one attached hydrogen (secondary N) is 1. The van der Waals surface area contributed by atoms with Crippen LogP contribution in [0.3, 0.4) is 0 Å². The van der Waals surface area contributed by atoms with Crippen molar-refractivity contribution in [3.8, 4) is 0 Å². The van der Waals surface area contributed by atoms with Crippen molar-refractivity contribution in [1.82, 2.24) is 5.32 Å². The lowest BCUT2D eigenvalue weighted by atomic mass is 10.1. The summed E-state index contributed by atoms with van der Waals surface area (Å²) in [6.45, 7) is 7.32. The van der Waals surface area contributed by atoms with Gasteiger partial charge in [-0.05, 0) is 18.8 Å². The summed E-state index contributed by atoms with van der Waals surface area (Å²) < 4.78 is 0. The largest absolute Gasteiger partial charge is 0.355 e. The zero-order valence-corrected chi connectivity index (χ0v) is 11.1. The maximum absolute atomic E-state index is 11.5. The van der Waals surface area contributed by atoms with Gasteiger partial charge in [-0.3, -0.25) is 4.79 Å². The van der Waals surface area contributed by atoms with Gasteiger partial charge in [0.15, 0.2) is 0 Å². The number of hydrogen-bond acceptors (Lipinski definition) is 2. The molecule has 3 heteroatoms. The fourth-order valence-electron chi connectivity index (χ4n) is 1.58. The van der Waals surface area contributed by atoms with Gasteiger partial charge in [0.1, 0.15) is 0 Å². The van der Waals surface area contributed by atoms with Crippen LogP contribution in [0.15, 0.2) is 0 Å². The Labute approximate surface area is 100 Å². The van der Waals surface area contributed by atoms with E-state index in [0.717, 1.165) is 38.1 Å². The minimum Gasteiger partial charge on any atom is -0.355 e. The molecular formula is C13H28N2O. The fourth-order valence-corrected chi connectivity index (χ4v) is 1.58. The van der Waals surface area contributed by atoms with Gasteiger partial charge in [0.05, 0.1) is 6.04 Å². The first-order valence-electron chi connectivity index (χ1n) is 6.61. The molecule has 0 heterocycles. The van der Waals surface area contributed by atoms with Crippen molar-refractivity contribution in [2.24, 2.45) is 11.7 Å². The molecule has 1 atom stereocenters. The van der Waals surface area contributed by atoms with E-state index in [-0.39, 0.29) is 11.9 Å². The number of unbranched alkanes of at least 4 members (excludes halogenated alkanes) is 2. The molecule has 3 nitrogen and oxygen atoms in total. The average molecular weight is 228 g/mol. The highest BCUT2D eigenvalue weighted by atomic mass is 16.2. The van der Waals surface area contributed by atoms with Crippen molar-refractivity contribution in [2.45, 2.75) is 65.3 Å². The lowest BCUT2D eigenvalue weighted by Crippen LogP contribution is -2.40. The summed E-state index contributed by atoms with van der Waals surface area (Å²) in [5, 5.41) is 2.90. The van der Waals surface area contributed by atoms with Crippen LogP contribution in [0.1, 0.15) is 59.3 Å².